The Labute approximate surface area is 196 Å². The number of rotatable bonds is 6. The minimum atomic E-state index is -4.05. The second kappa shape index (κ2) is 9.49. The van der Waals surface area contributed by atoms with E-state index < -0.39 is 22.5 Å². The fraction of sp³-hybridized carbons (Fsp3) is 0.136. The molecule has 0 heterocycles. The summed E-state index contributed by atoms with van der Waals surface area (Å²) in [4.78, 5) is 12.9. The molecule has 0 saturated heterocycles. The largest absolute Gasteiger partial charge is 0.324 e. The predicted octanol–water partition coefficient (Wildman–Crippen LogP) is 6.10. The molecule has 3 aromatic carbocycles. The summed E-state index contributed by atoms with van der Waals surface area (Å²) in [6.07, 6.45) is 0. The number of carbonyl (C=O) groups is 1. The van der Waals surface area contributed by atoms with E-state index in [-0.39, 0.29) is 9.92 Å². The summed E-state index contributed by atoms with van der Waals surface area (Å²) in [5, 5.41) is 3.67. The third kappa shape index (κ3) is 5.33. The normalized spacial score (nSPS) is 11.3. The van der Waals surface area contributed by atoms with Crippen molar-refractivity contribution in [1.29, 1.82) is 0 Å². The Morgan fingerprint density at radius 3 is 2.23 bits per heavy atom. The van der Waals surface area contributed by atoms with Gasteiger partial charge in [-0.2, -0.15) is 0 Å². The van der Waals surface area contributed by atoms with Gasteiger partial charge in [0.15, 0.2) is 0 Å². The summed E-state index contributed by atoms with van der Waals surface area (Å²) in [6, 6.07) is 15.9. The van der Waals surface area contributed by atoms with E-state index in [1.54, 1.807) is 49.4 Å². The van der Waals surface area contributed by atoms with Crippen LogP contribution < -0.4 is 9.62 Å². The molecular weight excluding hydrogens is 479 g/mol. The van der Waals surface area contributed by atoms with Crippen molar-refractivity contribution >= 4 is 62.1 Å². The standard InChI is InChI=1S/C22H19Cl3N2O3S/c1-14-6-9-17(10-7-14)31(29,30)27(21-5-3-4-18(23)15(21)2)13-22(28)26-16-8-11-19(24)20(25)12-16/h3-12H,13H2,1-2H3,(H,26,28). The quantitative estimate of drug-likeness (QED) is 0.447. The molecule has 3 rings (SSSR count). The van der Waals surface area contributed by atoms with Gasteiger partial charge in [-0.1, -0.05) is 58.6 Å². The highest BCUT2D eigenvalue weighted by Gasteiger charge is 2.28. The van der Waals surface area contributed by atoms with Crippen LogP contribution in [0.2, 0.25) is 15.1 Å². The second-order valence-electron chi connectivity index (χ2n) is 6.89. The van der Waals surface area contributed by atoms with E-state index in [0.717, 1.165) is 9.87 Å². The van der Waals surface area contributed by atoms with Gasteiger partial charge in [0.25, 0.3) is 10.0 Å². The first-order valence-corrected chi connectivity index (χ1v) is 11.8. The maximum absolute atomic E-state index is 13.5. The van der Waals surface area contributed by atoms with Gasteiger partial charge in [0, 0.05) is 10.7 Å². The monoisotopic (exact) mass is 496 g/mol. The van der Waals surface area contributed by atoms with Crippen molar-refractivity contribution in [2.24, 2.45) is 0 Å². The molecule has 162 valence electrons. The van der Waals surface area contributed by atoms with E-state index in [4.69, 9.17) is 34.8 Å². The Hall–Kier alpha value is -2.25. The molecule has 0 fully saturated rings. The zero-order valence-corrected chi connectivity index (χ0v) is 19.8. The van der Waals surface area contributed by atoms with Crippen LogP contribution in [0.4, 0.5) is 11.4 Å². The SMILES string of the molecule is Cc1ccc(S(=O)(=O)N(CC(=O)Nc2ccc(Cl)c(Cl)c2)c2cccc(Cl)c2C)cc1. The molecule has 9 heteroatoms. The summed E-state index contributed by atoms with van der Waals surface area (Å²) >= 11 is 18.1. The van der Waals surface area contributed by atoms with Crippen LogP contribution in [0.5, 0.6) is 0 Å². The zero-order chi connectivity index (χ0) is 22.8. The maximum atomic E-state index is 13.5. The summed E-state index contributed by atoms with van der Waals surface area (Å²) in [7, 11) is -4.05. The smallest absolute Gasteiger partial charge is 0.264 e. The van der Waals surface area contributed by atoms with Gasteiger partial charge in [-0.3, -0.25) is 9.10 Å². The van der Waals surface area contributed by atoms with Crippen LogP contribution >= 0.6 is 34.8 Å². The van der Waals surface area contributed by atoms with Gasteiger partial charge >= 0.3 is 0 Å². The van der Waals surface area contributed by atoms with Gasteiger partial charge in [0.2, 0.25) is 5.91 Å². The molecule has 5 nitrogen and oxygen atoms in total. The lowest BCUT2D eigenvalue weighted by molar-refractivity contribution is -0.114. The number of hydrogen-bond donors (Lipinski definition) is 1. The van der Waals surface area contributed by atoms with Gasteiger partial charge in [-0.25, -0.2) is 8.42 Å². The first-order chi connectivity index (χ1) is 14.6. The van der Waals surface area contributed by atoms with E-state index >= 15 is 0 Å². The topological polar surface area (TPSA) is 66.5 Å². The predicted molar refractivity (Wildman–Crippen MR) is 127 cm³/mol. The van der Waals surface area contributed by atoms with Crippen LogP contribution in [0.3, 0.4) is 0 Å². The minimum absolute atomic E-state index is 0.0693. The molecule has 0 aromatic heterocycles. The van der Waals surface area contributed by atoms with Crippen molar-refractivity contribution in [3.05, 3.63) is 86.9 Å². The Morgan fingerprint density at radius 1 is 0.903 bits per heavy atom. The number of amides is 1. The van der Waals surface area contributed by atoms with Gasteiger partial charge < -0.3 is 5.32 Å². The summed E-state index contributed by atoms with van der Waals surface area (Å²) < 4.78 is 28.0. The maximum Gasteiger partial charge on any atom is 0.264 e. The lowest BCUT2D eigenvalue weighted by Crippen LogP contribution is -2.38. The van der Waals surface area contributed by atoms with Crippen molar-refractivity contribution < 1.29 is 13.2 Å². The average molecular weight is 498 g/mol. The fourth-order valence-corrected chi connectivity index (χ4v) is 4.85. The minimum Gasteiger partial charge on any atom is -0.324 e. The molecule has 0 radical (unpaired) electrons. The van der Waals surface area contributed by atoms with Crippen molar-refractivity contribution in [2.75, 3.05) is 16.2 Å². The molecule has 0 bridgehead atoms. The van der Waals surface area contributed by atoms with Crippen LogP contribution in [0.1, 0.15) is 11.1 Å². The first-order valence-electron chi connectivity index (χ1n) is 9.19. The number of sulfonamides is 1. The Kier molecular flexibility index (Phi) is 7.17. The van der Waals surface area contributed by atoms with Gasteiger partial charge in [0.05, 0.1) is 20.6 Å². The van der Waals surface area contributed by atoms with E-state index in [0.29, 0.717) is 27.0 Å². The number of nitrogens with zero attached hydrogens (tertiary/aromatic N) is 1. The molecule has 0 unspecified atom stereocenters. The van der Waals surface area contributed by atoms with Crippen LogP contribution in [0.25, 0.3) is 0 Å². The van der Waals surface area contributed by atoms with Crippen molar-refractivity contribution in [2.45, 2.75) is 18.7 Å². The van der Waals surface area contributed by atoms with E-state index in [1.165, 1.54) is 18.2 Å². The van der Waals surface area contributed by atoms with Crippen molar-refractivity contribution in [1.82, 2.24) is 0 Å². The van der Waals surface area contributed by atoms with Crippen LogP contribution in [0, 0.1) is 13.8 Å². The highest BCUT2D eigenvalue weighted by molar-refractivity contribution is 7.92. The number of benzene rings is 3. The van der Waals surface area contributed by atoms with Crippen LogP contribution in [-0.4, -0.2) is 20.9 Å². The van der Waals surface area contributed by atoms with Gasteiger partial charge in [-0.15, -0.1) is 0 Å². The lowest BCUT2D eigenvalue weighted by Gasteiger charge is -2.26. The van der Waals surface area contributed by atoms with Gasteiger partial charge in [-0.05, 0) is 61.9 Å². The Balaban J connectivity index is 1.99. The van der Waals surface area contributed by atoms with Crippen molar-refractivity contribution in [3.63, 3.8) is 0 Å². The molecule has 0 aliphatic heterocycles. The van der Waals surface area contributed by atoms with Crippen LogP contribution in [-0.2, 0) is 14.8 Å². The lowest BCUT2D eigenvalue weighted by atomic mass is 10.2. The summed E-state index contributed by atoms with van der Waals surface area (Å²) in [6.45, 7) is 3.10. The zero-order valence-electron chi connectivity index (χ0n) is 16.7. The van der Waals surface area contributed by atoms with Crippen LogP contribution in [0.15, 0.2) is 65.6 Å². The molecule has 1 amide bonds. The third-order valence-electron chi connectivity index (χ3n) is 4.61. The number of anilines is 2. The number of nitrogens with one attached hydrogen (secondary N) is 1. The first kappa shape index (κ1) is 23.4. The Bertz CT molecular complexity index is 1230. The molecule has 1 N–H and O–H groups in total. The molecule has 3 aromatic rings. The summed E-state index contributed by atoms with van der Waals surface area (Å²) in [5.74, 6) is -0.548. The van der Waals surface area contributed by atoms with E-state index in [9.17, 15) is 13.2 Å². The molecule has 0 aliphatic carbocycles. The molecular formula is C22H19Cl3N2O3S. The molecule has 0 saturated carbocycles. The number of halogens is 3. The fourth-order valence-electron chi connectivity index (χ4n) is 2.91. The van der Waals surface area contributed by atoms with E-state index in [1.807, 2.05) is 6.92 Å². The van der Waals surface area contributed by atoms with E-state index in [2.05, 4.69) is 5.32 Å². The average Bonchev–Trinajstić information content (AvgIpc) is 2.71. The number of hydrogen-bond acceptors (Lipinski definition) is 3. The highest BCUT2D eigenvalue weighted by atomic mass is 35.5. The molecule has 0 aliphatic rings. The summed E-state index contributed by atoms with van der Waals surface area (Å²) in [5.41, 5.74) is 2.18. The second-order valence-corrected chi connectivity index (χ2v) is 9.97. The van der Waals surface area contributed by atoms with Crippen molar-refractivity contribution in [3.8, 4) is 0 Å². The highest BCUT2D eigenvalue weighted by Crippen LogP contribution is 2.31. The third-order valence-corrected chi connectivity index (χ3v) is 7.53. The molecule has 31 heavy (non-hydrogen) atoms. The molecule has 0 atom stereocenters. The number of aryl methyl sites for hydroxylation is 1. The Morgan fingerprint density at radius 2 is 1.58 bits per heavy atom. The van der Waals surface area contributed by atoms with Gasteiger partial charge in [0.1, 0.15) is 6.54 Å². The number of carbonyl (C=O) groups excluding carboxylic acids is 1. The molecule has 0 spiro atoms.